The minimum atomic E-state index is -0.460. The molecule has 1 aliphatic rings. The molecule has 0 radical (unpaired) electrons. The molecule has 0 bridgehead atoms. The molecule has 0 unspecified atom stereocenters. The quantitative estimate of drug-likeness (QED) is 0.736. The topological polar surface area (TPSA) is 96.4 Å². The van der Waals surface area contributed by atoms with Crippen molar-refractivity contribution in [2.45, 2.75) is 13.0 Å². The van der Waals surface area contributed by atoms with Gasteiger partial charge in [0, 0.05) is 13.1 Å². The summed E-state index contributed by atoms with van der Waals surface area (Å²) in [6, 6.07) is 1.53. The van der Waals surface area contributed by atoms with Gasteiger partial charge in [-0.2, -0.15) is 4.98 Å². The van der Waals surface area contributed by atoms with E-state index in [0.29, 0.717) is 5.70 Å². The fourth-order valence-electron chi connectivity index (χ4n) is 1.58. The molecular formula is C11H13N3O4. The number of hydrogen-bond acceptors (Lipinski definition) is 6. The molecule has 2 rings (SSSR count). The Bertz CT molecular complexity index is 549. The van der Waals surface area contributed by atoms with Crippen molar-refractivity contribution in [3.63, 3.8) is 0 Å². The first kappa shape index (κ1) is 12.3. The first-order chi connectivity index (χ1) is 8.56. The lowest BCUT2D eigenvalue weighted by Gasteiger charge is -2.06. The Morgan fingerprint density at radius 3 is 3.17 bits per heavy atom. The van der Waals surface area contributed by atoms with Gasteiger partial charge < -0.3 is 15.2 Å². The van der Waals surface area contributed by atoms with Crippen molar-refractivity contribution < 1.29 is 14.3 Å². The van der Waals surface area contributed by atoms with Crippen LogP contribution in [-0.4, -0.2) is 34.8 Å². The molecular weight excluding hydrogens is 238 g/mol. The van der Waals surface area contributed by atoms with E-state index in [0.717, 1.165) is 0 Å². The maximum absolute atomic E-state index is 11.6. The van der Waals surface area contributed by atoms with Gasteiger partial charge in [-0.15, -0.1) is 0 Å². The predicted octanol–water partition coefficient (Wildman–Crippen LogP) is -0.372. The molecule has 0 aliphatic carbocycles. The van der Waals surface area contributed by atoms with Gasteiger partial charge in [-0.25, -0.2) is 4.79 Å². The van der Waals surface area contributed by atoms with Crippen molar-refractivity contribution >= 4 is 17.5 Å². The number of carbonyl (C=O) groups excluding carboxylic acids is 1. The second-order valence-electron chi connectivity index (χ2n) is 3.82. The van der Waals surface area contributed by atoms with Crippen LogP contribution in [0.3, 0.4) is 0 Å². The molecule has 1 aliphatic heterocycles. The number of anilines is 1. The molecule has 0 saturated heterocycles. The SMILES string of the molecule is CC(=O)OC[C@H]1C=C(n2ccc(N)nc2=O)CO1. The Kier molecular flexibility index (Phi) is 3.42. The largest absolute Gasteiger partial charge is 0.463 e. The van der Waals surface area contributed by atoms with Crippen molar-refractivity contribution in [1.82, 2.24) is 9.55 Å². The Hall–Kier alpha value is -2.15. The Morgan fingerprint density at radius 1 is 1.72 bits per heavy atom. The second kappa shape index (κ2) is 5.01. The van der Waals surface area contributed by atoms with E-state index in [1.807, 2.05) is 0 Å². The standard InChI is InChI=1S/C11H13N3O4/c1-7(15)17-6-9-4-8(5-18-9)14-3-2-10(12)13-11(14)16/h2-4,9H,5-6H2,1H3,(H2,12,13,16)/t9-/m1/s1. The number of nitrogen functional groups attached to an aromatic ring is 1. The zero-order chi connectivity index (χ0) is 13.1. The summed E-state index contributed by atoms with van der Waals surface area (Å²) < 4.78 is 11.5. The molecule has 0 saturated carbocycles. The van der Waals surface area contributed by atoms with Crippen molar-refractivity contribution in [2.75, 3.05) is 18.9 Å². The number of rotatable bonds is 3. The summed E-state index contributed by atoms with van der Waals surface area (Å²) >= 11 is 0. The van der Waals surface area contributed by atoms with E-state index < -0.39 is 5.69 Å². The normalized spacial score (nSPS) is 18.5. The van der Waals surface area contributed by atoms with Crippen molar-refractivity contribution in [1.29, 1.82) is 0 Å². The van der Waals surface area contributed by atoms with Gasteiger partial charge in [-0.1, -0.05) is 0 Å². The van der Waals surface area contributed by atoms with Crippen LogP contribution in [0.15, 0.2) is 23.1 Å². The number of ether oxygens (including phenoxy) is 2. The van der Waals surface area contributed by atoms with Gasteiger partial charge in [-0.3, -0.25) is 9.36 Å². The monoisotopic (exact) mass is 251 g/mol. The summed E-state index contributed by atoms with van der Waals surface area (Å²) in [5.41, 5.74) is 5.60. The third-order valence-electron chi connectivity index (χ3n) is 2.41. The highest BCUT2D eigenvalue weighted by Gasteiger charge is 2.19. The molecule has 2 N–H and O–H groups in total. The van der Waals surface area contributed by atoms with Gasteiger partial charge in [0.1, 0.15) is 18.5 Å². The smallest absolute Gasteiger partial charge is 0.353 e. The van der Waals surface area contributed by atoms with Crippen molar-refractivity contribution in [3.05, 3.63) is 28.8 Å². The van der Waals surface area contributed by atoms with Crippen LogP contribution in [0.2, 0.25) is 0 Å². The fourth-order valence-corrected chi connectivity index (χ4v) is 1.58. The fraction of sp³-hybridized carbons (Fsp3) is 0.364. The molecule has 1 aromatic rings. The average Bonchev–Trinajstić information content (AvgIpc) is 2.75. The second-order valence-corrected chi connectivity index (χ2v) is 3.82. The van der Waals surface area contributed by atoms with Crippen LogP contribution in [0.1, 0.15) is 6.92 Å². The summed E-state index contributed by atoms with van der Waals surface area (Å²) in [4.78, 5) is 25.9. The highest BCUT2D eigenvalue weighted by Crippen LogP contribution is 2.15. The Balaban J connectivity index is 2.12. The Labute approximate surface area is 103 Å². The molecule has 0 aromatic carbocycles. The highest BCUT2D eigenvalue weighted by atomic mass is 16.6. The van der Waals surface area contributed by atoms with E-state index in [1.54, 1.807) is 6.08 Å². The molecule has 0 spiro atoms. The number of nitrogens with two attached hydrogens (primary N) is 1. The first-order valence-electron chi connectivity index (χ1n) is 5.37. The molecule has 7 heteroatoms. The van der Waals surface area contributed by atoms with Crippen LogP contribution in [0.5, 0.6) is 0 Å². The summed E-state index contributed by atoms with van der Waals surface area (Å²) in [5.74, 6) is -0.195. The van der Waals surface area contributed by atoms with Crippen LogP contribution < -0.4 is 11.4 Å². The molecule has 96 valence electrons. The van der Waals surface area contributed by atoms with Gasteiger partial charge in [-0.05, 0) is 12.1 Å². The molecule has 1 aromatic heterocycles. The third-order valence-corrected chi connectivity index (χ3v) is 2.41. The number of carbonyl (C=O) groups is 1. The van der Waals surface area contributed by atoms with Crippen LogP contribution in [0, 0.1) is 0 Å². The lowest BCUT2D eigenvalue weighted by Crippen LogP contribution is -2.22. The minimum absolute atomic E-state index is 0.135. The van der Waals surface area contributed by atoms with Crippen LogP contribution in [0.25, 0.3) is 5.70 Å². The maximum Gasteiger partial charge on any atom is 0.353 e. The average molecular weight is 251 g/mol. The van der Waals surface area contributed by atoms with E-state index in [9.17, 15) is 9.59 Å². The van der Waals surface area contributed by atoms with Gasteiger partial charge in [0.25, 0.3) is 0 Å². The number of nitrogens with zero attached hydrogens (tertiary/aromatic N) is 2. The van der Waals surface area contributed by atoms with Gasteiger partial charge in [0.05, 0.1) is 12.3 Å². The predicted molar refractivity (Wildman–Crippen MR) is 63.6 cm³/mol. The summed E-state index contributed by atoms with van der Waals surface area (Å²) in [6.07, 6.45) is 2.92. The van der Waals surface area contributed by atoms with Gasteiger partial charge >= 0.3 is 11.7 Å². The lowest BCUT2D eigenvalue weighted by molar-refractivity contribution is -0.143. The van der Waals surface area contributed by atoms with E-state index in [2.05, 4.69) is 4.98 Å². The van der Waals surface area contributed by atoms with Crippen molar-refractivity contribution in [2.24, 2.45) is 0 Å². The lowest BCUT2D eigenvalue weighted by atomic mass is 10.3. The zero-order valence-electron chi connectivity index (χ0n) is 9.83. The molecule has 7 nitrogen and oxygen atoms in total. The molecule has 2 heterocycles. The number of aromatic nitrogens is 2. The summed E-state index contributed by atoms with van der Waals surface area (Å²) in [7, 11) is 0. The van der Waals surface area contributed by atoms with Gasteiger partial charge in [0.2, 0.25) is 0 Å². The van der Waals surface area contributed by atoms with Crippen molar-refractivity contribution in [3.8, 4) is 0 Å². The van der Waals surface area contributed by atoms with E-state index in [1.165, 1.54) is 23.8 Å². The molecule has 0 fully saturated rings. The number of esters is 1. The molecule has 0 amide bonds. The number of hydrogen-bond donors (Lipinski definition) is 1. The minimum Gasteiger partial charge on any atom is -0.463 e. The first-order valence-corrected chi connectivity index (χ1v) is 5.37. The van der Waals surface area contributed by atoms with Gasteiger partial charge in [0.15, 0.2) is 0 Å². The van der Waals surface area contributed by atoms with E-state index in [-0.39, 0.29) is 31.1 Å². The summed E-state index contributed by atoms with van der Waals surface area (Å²) in [5, 5.41) is 0. The van der Waals surface area contributed by atoms with Crippen LogP contribution in [-0.2, 0) is 14.3 Å². The zero-order valence-corrected chi connectivity index (χ0v) is 9.83. The highest BCUT2D eigenvalue weighted by molar-refractivity contribution is 5.66. The van der Waals surface area contributed by atoms with E-state index >= 15 is 0 Å². The molecule has 1 atom stereocenters. The maximum atomic E-state index is 11.6. The molecule has 18 heavy (non-hydrogen) atoms. The Morgan fingerprint density at radius 2 is 2.50 bits per heavy atom. The summed E-state index contributed by atoms with van der Waals surface area (Å²) in [6.45, 7) is 1.72. The third kappa shape index (κ3) is 2.75. The van der Waals surface area contributed by atoms with Crippen LogP contribution in [0.4, 0.5) is 5.82 Å². The van der Waals surface area contributed by atoms with E-state index in [4.69, 9.17) is 15.2 Å². The van der Waals surface area contributed by atoms with Crippen LogP contribution >= 0.6 is 0 Å².